The first-order valence-corrected chi connectivity index (χ1v) is 4.27. The summed E-state index contributed by atoms with van der Waals surface area (Å²) in [6.45, 7) is 0. The Morgan fingerprint density at radius 2 is 0.765 bits per heavy atom. The molecule has 2 rings (SSSR count). The normalized spacial score (nSPS) is 7.06. The molecule has 0 fully saturated rings. The van der Waals surface area contributed by atoms with Crippen molar-refractivity contribution in [3.63, 3.8) is 0 Å². The highest BCUT2D eigenvalue weighted by Crippen LogP contribution is 2.03. The van der Waals surface area contributed by atoms with Crippen molar-refractivity contribution in [1.82, 2.24) is 0 Å². The van der Waals surface area contributed by atoms with E-state index in [1.54, 1.807) is 48.5 Å². The Morgan fingerprint density at radius 3 is 0.882 bits per heavy atom. The molecule has 0 bridgehead atoms. The largest absolute Gasteiger partial charge is 0.508 e. The SMILES string of the molecule is Cl.Cl.Oc1ccccc1.Oc1ccccc1.[SiH4]. The molecule has 2 aromatic carbocycles. The van der Waals surface area contributed by atoms with E-state index < -0.39 is 0 Å². The van der Waals surface area contributed by atoms with Crippen molar-refractivity contribution in [2.24, 2.45) is 0 Å². The molecular formula is C12H18Cl2O2Si. The number of phenolic OH excluding ortho intramolecular Hbond substituents is 2. The van der Waals surface area contributed by atoms with E-state index in [2.05, 4.69) is 0 Å². The molecule has 2 nitrogen and oxygen atoms in total. The number of hydrogen-bond donors (Lipinski definition) is 2. The smallest absolute Gasteiger partial charge is 0.115 e. The van der Waals surface area contributed by atoms with E-state index >= 15 is 0 Å². The van der Waals surface area contributed by atoms with Gasteiger partial charge in [-0.25, -0.2) is 0 Å². The van der Waals surface area contributed by atoms with Gasteiger partial charge in [0.15, 0.2) is 0 Å². The molecule has 0 saturated heterocycles. The predicted molar refractivity (Wildman–Crippen MR) is 82.0 cm³/mol. The summed E-state index contributed by atoms with van der Waals surface area (Å²) in [6, 6.07) is 17.4. The number of benzene rings is 2. The Bertz CT molecular complexity index is 320. The van der Waals surface area contributed by atoms with Gasteiger partial charge in [-0.2, -0.15) is 0 Å². The van der Waals surface area contributed by atoms with Crippen LogP contribution in [0.3, 0.4) is 0 Å². The van der Waals surface area contributed by atoms with Crippen molar-refractivity contribution in [2.75, 3.05) is 0 Å². The predicted octanol–water partition coefficient (Wildman–Crippen LogP) is 2.18. The van der Waals surface area contributed by atoms with Crippen LogP contribution in [-0.2, 0) is 0 Å². The lowest BCUT2D eigenvalue weighted by Gasteiger charge is -1.82. The molecule has 0 spiro atoms. The second kappa shape index (κ2) is 12.9. The van der Waals surface area contributed by atoms with Crippen LogP contribution in [0.2, 0.25) is 0 Å². The summed E-state index contributed by atoms with van der Waals surface area (Å²) in [5.41, 5.74) is 0. The summed E-state index contributed by atoms with van der Waals surface area (Å²) < 4.78 is 0. The lowest BCUT2D eigenvalue weighted by Crippen LogP contribution is -1.56. The Kier molecular flexibility index (Phi) is 16.1. The first-order valence-electron chi connectivity index (χ1n) is 4.27. The van der Waals surface area contributed by atoms with E-state index in [9.17, 15) is 0 Å². The van der Waals surface area contributed by atoms with Gasteiger partial charge in [-0.05, 0) is 35.2 Å². The van der Waals surface area contributed by atoms with Gasteiger partial charge in [-0.15, -0.1) is 24.8 Å². The van der Waals surface area contributed by atoms with E-state index in [1.165, 1.54) is 0 Å². The molecule has 0 unspecified atom stereocenters. The van der Waals surface area contributed by atoms with Crippen molar-refractivity contribution >= 4 is 35.8 Å². The molecule has 2 N–H and O–H groups in total. The molecule has 0 aliphatic heterocycles. The number of rotatable bonds is 0. The van der Waals surface area contributed by atoms with Gasteiger partial charge < -0.3 is 10.2 Å². The van der Waals surface area contributed by atoms with Gasteiger partial charge in [0.05, 0.1) is 0 Å². The third kappa shape index (κ3) is 11.1. The van der Waals surface area contributed by atoms with Crippen molar-refractivity contribution in [1.29, 1.82) is 0 Å². The zero-order valence-corrected chi connectivity index (χ0v) is 10.1. The quantitative estimate of drug-likeness (QED) is 0.731. The van der Waals surface area contributed by atoms with Crippen molar-refractivity contribution in [2.45, 2.75) is 0 Å². The maximum absolute atomic E-state index is 8.63. The van der Waals surface area contributed by atoms with Crippen LogP contribution in [0.15, 0.2) is 60.7 Å². The highest BCUT2D eigenvalue weighted by Gasteiger charge is 1.75. The first-order chi connectivity index (χ1) is 6.79. The highest BCUT2D eigenvalue weighted by atomic mass is 35.5. The van der Waals surface area contributed by atoms with E-state index in [-0.39, 0.29) is 35.8 Å². The molecule has 2 aromatic rings. The van der Waals surface area contributed by atoms with Crippen molar-refractivity contribution < 1.29 is 10.2 Å². The number of phenols is 2. The Labute approximate surface area is 118 Å². The molecular weight excluding hydrogens is 275 g/mol. The van der Waals surface area contributed by atoms with E-state index in [4.69, 9.17) is 10.2 Å². The molecule has 17 heavy (non-hydrogen) atoms. The van der Waals surface area contributed by atoms with Gasteiger partial charge in [0.25, 0.3) is 0 Å². The number of para-hydroxylation sites is 2. The fraction of sp³-hybridized carbons (Fsp3) is 0. The number of hydrogen-bond acceptors (Lipinski definition) is 2. The average molecular weight is 293 g/mol. The molecule has 0 aromatic heterocycles. The maximum atomic E-state index is 8.63. The summed E-state index contributed by atoms with van der Waals surface area (Å²) in [7, 11) is 0. The summed E-state index contributed by atoms with van der Waals surface area (Å²) in [5.74, 6) is 0.644. The van der Waals surface area contributed by atoms with Crippen LogP contribution in [0, 0.1) is 0 Å². The number of halogens is 2. The standard InChI is InChI=1S/2C6H6O.2ClH.H4Si/c2*7-6-4-2-1-3-5-6;;;/h2*1-5,7H;2*1H;1H4. The Morgan fingerprint density at radius 1 is 0.529 bits per heavy atom. The molecule has 5 heteroatoms. The molecule has 0 aliphatic carbocycles. The lowest BCUT2D eigenvalue weighted by molar-refractivity contribution is 0.475. The average Bonchev–Trinajstić information content (AvgIpc) is 2.21. The number of aromatic hydroxyl groups is 2. The minimum absolute atomic E-state index is 0. The minimum atomic E-state index is 0. The monoisotopic (exact) mass is 292 g/mol. The summed E-state index contributed by atoms with van der Waals surface area (Å²) >= 11 is 0. The molecule has 0 amide bonds. The van der Waals surface area contributed by atoms with Gasteiger partial charge >= 0.3 is 0 Å². The third-order valence-corrected chi connectivity index (χ3v) is 1.51. The van der Waals surface area contributed by atoms with Crippen LogP contribution < -0.4 is 0 Å². The van der Waals surface area contributed by atoms with Gasteiger partial charge in [0, 0.05) is 0 Å². The molecule has 96 valence electrons. The van der Waals surface area contributed by atoms with Crippen LogP contribution in [-0.4, -0.2) is 21.2 Å². The highest BCUT2D eigenvalue weighted by molar-refractivity contribution is 5.85. The summed E-state index contributed by atoms with van der Waals surface area (Å²) in [4.78, 5) is 0. The zero-order valence-electron chi connectivity index (χ0n) is 8.48. The van der Waals surface area contributed by atoms with Gasteiger partial charge in [0.1, 0.15) is 11.5 Å². The lowest BCUT2D eigenvalue weighted by atomic mass is 10.3. The second-order valence-electron chi connectivity index (χ2n) is 2.67. The van der Waals surface area contributed by atoms with Crippen LogP contribution in [0.25, 0.3) is 0 Å². The second-order valence-corrected chi connectivity index (χ2v) is 2.67. The van der Waals surface area contributed by atoms with Gasteiger partial charge in [0.2, 0.25) is 0 Å². The van der Waals surface area contributed by atoms with Gasteiger partial charge in [-0.3, -0.25) is 0 Å². The van der Waals surface area contributed by atoms with Crippen molar-refractivity contribution in [3.8, 4) is 11.5 Å². The Hall–Kier alpha value is -1.16. The van der Waals surface area contributed by atoms with Crippen LogP contribution in [0.5, 0.6) is 11.5 Å². The molecule has 0 saturated carbocycles. The Balaban J connectivity index is -0.000000196. The van der Waals surface area contributed by atoms with Gasteiger partial charge in [-0.1, -0.05) is 36.4 Å². The third-order valence-electron chi connectivity index (χ3n) is 1.51. The zero-order chi connectivity index (χ0) is 10.2. The molecule has 0 atom stereocenters. The minimum Gasteiger partial charge on any atom is -0.508 e. The fourth-order valence-corrected chi connectivity index (χ4v) is 0.856. The van der Waals surface area contributed by atoms with E-state index in [1.807, 2.05) is 12.1 Å². The molecule has 0 heterocycles. The van der Waals surface area contributed by atoms with Crippen LogP contribution >= 0.6 is 24.8 Å². The fourth-order valence-electron chi connectivity index (χ4n) is 0.856. The van der Waals surface area contributed by atoms with E-state index in [0.717, 1.165) is 0 Å². The van der Waals surface area contributed by atoms with Crippen molar-refractivity contribution in [3.05, 3.63) is 60.7 Å². The molecule has 0 radical (unpaired) electrons. The maximum Gasteiger partial charge on any atom is 0.115 e. The van der Waals surface area contributed by atoms with E-state index in [0.29, 0.717) is 11.5 Å². The van der Waals surface area contributed by atoms with Crippen LogP contribution in [0.4, 0.5) is 0 Å². The first kappa shape index (κ1) is 21.2. The summed E-state index contributed by atoms with van der Waals surface area (Å²) in [6.07, 6.45) is 0. The molecule has 0 aliphatic rings. The summed E-state index contributed by atoms with van der Waals surface area (Å²) in [5, 5.41) is 17.3. The van der Waals surface area contributed by atoms with Crippen LogP contribution in [0.1, 0.15) is 0 Å². The topological polar surface area (TPSA) is 40.5 Å².